The molecule has 5 heteroatoms. The van der Waals surface area contributed by atoms with Crippen LogP contribution in [0, 0.1) is 0 Å². The van der Waals surface area contributed by atoms with Gasteiger partial charge in [0.05, 0.1) is 12.7 Å². The summed E-state index contributed by atoms with van der Waals surface area (Å²) < 4.78 is 0. The molecule has 4 atom stereocenters. The van der Waals surface area contributed by atoms with Crippen LogP contribution < -0.4 is 0 Å². The van der Waals surface area contributed by atoms with Crippen molar-refractivity contribution in [3.05, 3.63) is 0 Å². The first-order chi connectivity index (χ1) is 5.00. The van der Waals surface area contributed by atoms with Gasteiger partial charge in [-0.05, 0) is 6.92 Å². The summed E-state index contributed by atoms with van der Waals surface area (Å²) >= 11 is 0. The maximum atomic E-state index is 8.94. The molecule has 11 heavy (non-hydrogen) atoms. The molecule has 0 saturated heterocycles. The van der Waals surface area contributed by atoms with E-state index in [1.165, 1.54) is 6.92 Å². The molecule has 0 aromatic carbocycles. The second-order valence-corrected chi connectivity index (χ2v) is 2.47. The number of aliphatic hydroxyl groups excluding tert-OH is 5. The Kier molecular flexibility index (Phi) is 4.55. The number of rotatable bonds is 4. The van der Waals surface area contributed by atoms with E-state index >= 15 is 0 Å². The van der Waals surface area contributed by atoms with Crippen LogP contribution in [-0.2, 0) is 0 Å². The summed E-state index contributed by atoms with van der Waals surface area (Å²) in [5.74, 6) is 0. The summed E-state index contributed by atoms with van der Waals surface area (Å²) in [7, 11) is 0. The molecule has 0 saturated carbocycles. The molecule has 0 aliphatic rings. The smallest absolute Gasteiger partial charge is 0.110 e. The Morgan fingerprint density at radius 1 is 1.00 bits per heavy atom. The Morgan fingerprint density at radius 2 is 1.45 bits per heavy atom. The predicted octanol–water partition coefficient (Wildman–Crippen LogP) is -2.56. The van der Waals surface area contributed by atoms with Gasteiger partial charge in [-0.1, -0.05) is 0 Å². The Bertz CT molecular complexity index is 105. The lowest BCUT2D eigenvalue weighted by Crippen LogP contribution is -2.44. The van der Waals surface area contributed by atoms with Gasteiger partial charge < -0.3 is 25.5 Å². The van der Waals surface area contributed by atoms with Crippen molar-refractivity contribution < 1.29 is 25.5 Å². The van der Waals surface area contributed by atoms with Crippen LogP contribution in [0.25, 0.3) is 0 Å². The summed E-state index contributed by atoms with van der Waals surface area (Å²) in [6.45, 7) is 0.628. The van der Waals surface area contributed by atoms with Crippen molar-refractivity contribution in [3.8, 4) is 0 Å². The largest absolute Gasteiger partial charge is 0.394 e. The van der Waals surface area contributed by atoms with Crippen molar-refractivity contribution in [2.75, 3.05) is 6.61 Å². The zero-order valence-electron chi connectivity index (χ0n) is 6.25. The van der Waals surface area contributed by atoms with Crippen LogP contribution in [0.5, 0.6) is 0 Å². The Hall–Kier alpha value is -0.200. The summed E-state index contributed by atoms with van der Waals surface area (Å²) in [5.41, 5.74) is 0. The third-order valence-electron chi connectivity index (χ3n) is 1.43. The van der Waals surface area contributed by atoms with Crippen LogP contribution in [0.15, 0.2) is 0 Å². The summed E-state index contributed by atoms with van der Waals surface area (Å²) in [5, 5.41) is 43.7. The average molecular weight is 166 g/mol. The van der Waals surface area contributed by atoms with Gasteiger partial charge in [-0.2, -0.15) is 0 Å². The van der Waals surface area contributed by atoms with Crippen LogP contribution in [0.3, 0.4) is 0 Å². The van der Waals surface area contributed by atoms with Gasteiger partial charge in [-0.15, -0.1) is 0 Å². The molecular formula is C6H14O5. The van der Waals surface area contributed by atoms with Gasteiger partial charge in [0.1, 0.15) is 18.3 Å². The molecule has 5 N–H and O–H groups in total. The fraction of sp³-hybridized carbons (Fsp3) is 1.00. The van der Waals surface area contributed by atoms with Gasteiger partial charge in [0.2, 0.25) is 0 Å². The molecule has 5 nitrogen and oxygen atoms in total. The third-order valence-corrected chi connectivity index (χ3v) is 1.43. The molecule has 0 aromatic rings. The maximum absolute atomic E-state index is 8.94. The van der Waals surface area contributed by atoms with Crippen LogP contribution in [0.1, 0.15) is 6.92 Å². The summed E-state index contributed by atoms with van der Waals surface area (Å²) in [6, 6.07) is 0. The summed E-state index contributed by atoms with van der Waals surface area (Å²) in [6.07, 6.45) is -5.50. The van der Waals surface area contributed by atoms with E-state index < -0.39 is 31.0 Å². The van der Waals surface area contributed by atoms with Gasteiger partial charge in [0, 0.05) is 0 Å². The number of hydrogen-bond donors (Lipinski definition) is 5. The van der Waals surface area contributed by atoms with Crippen molar-refractivity contribution in [3.63, 3.8) is 0 Å². The fourth-order valence-electron chi connectivity index (χ4n) is 0.621. The Balaban J connectivity index is 3.90. The highest BCUT2D eigenvalue weighted by atomic mass is 16.4. The molecule has 0 aliphatic heterocycles. The molecule has 0 bridgehead atoms. The van der Waals surface area contributed by atoms with Gasteiger partial charge in [-0.3, -0.25) is 0 Å². The SMILES string of the molecule is C[C@H](O)C(O)C(O)[C@@H](O)CO. The van der Waals surface area contributed by atoms with E-state index in [4.69, 9.17) is 25.5 Å². The van der Waals surface area contributed by atoms with Crippen molar-refractivity contribution in [2.24, 2.45) is 0 Å². The minimum atomic E-state index is -1.51. The number of hydrogen-bond acceptors (Lipinski definition) is 5. The molecule has 0 fully saturated rings. The minimum Gasteiger partial charge on any atom is -0.394 e. The standard InChI is InChI=1S/C6H14O5/c1-3(8)5(10)6(11)4(9)2-7/h3-11H,2H2,1H3/t3-,4-,5?,6?/m0/s1. The first kappa shape index (κ1) is 10.8. The van der Waals surface area contributed by atoms with Gasteiger partial charge >= 0.3 is 0 Å². The molecule has 2 unspecified atom stereocenters. The Labute approximate surface area is 64.5 Å². The zero-order chi connectivity index (χ0) is 9.02. The molecule has 0 radical (unpaired) electrons. The van der Waals surface area contributed by atoms with Crippen molar-refractivity contribution in [1.29, 1.82) is 0 Å². The first-order valence-electron chi connectivity index (χ1n) is 3.33. The zero-order valence-corrected chi connectivity index (χ0v) is 6.25. The highest BCUT2D eigenvalue weighted by molar-refractivity contribution is 4.77. The molecule has 68 valence electrons. The molecule has 0 heterocycles. The van der Waals surface area contributed by atoms with Gasteiger partial charge in [0.15, 0.2) is 0 Å². The Morgan fingerprint density at radius 3 is 1.73 bits per heavy atom. The average Bonchev–Trinajstić information content (AvgIpc) is 2.00. The molecule has 0 spiro atoms. The van der Waals surface area contributed by atoms with E-state index in [1.54, 1.807) is 0 Å². The molecular weight excluding hydrogens is 152 g/mol. The van der Waals surface area contributed by atoms with E-state index in [1.807, 2.05) is 0 Å². The van der Waals surface area contributed by atoms with E-state index in [9.17, 15) is 0 Å². The molecule has 0 amide bonds. The second kappa shape index (κ2) is 4.63. The fourth-order valence-corrected chi connectivity index (χ4v) is 0.621. The highest BCUT2D eigenvalue weighted by Gasteiger charge is 2.27. The van der Waals surface area contributed by atoms with Crippen LogP contribution in [0.2, 0.25) is 0 Å². The van der Waals surface area contributed by atoms with E-state index in [-0.39, 0.29) is 0 Å². The second-order valence-electron chi connectivity index (χ2n) is 2.47. The normalized spacial score (nSPS) is 22.4. The summed E-state index contributed by atoms with van der Waals surface area (Å²) in [4.78, 5) is 0. The van der Waals surface area contributed by atoms with Crippen LogP contribution >= 0.6 is 0 Å². The van der Waals surface area contributed by atoms with Crippen molar-refractivity contribution >= 4 is 0 Å². The molecule has 0 aromatic heterocycles. The van der Waals surface area contributed by atoms with Crippen LogP contribution in [-0.4, -0.2) is 56.6 Å². The first-order valence-corrected chi connectivity index (χ1v) is 3.33. The third kappa shape index (κ3) is 3.13. The van der Waals surface area contributed by atoms with E-state index in [0.29, 0.717) is 0 Å². The minimum absolute atomic E-state index is 0.648. The van der Waals surface area contributed by atoms with Gasteiger partial charge in [-0.25, -0.2) is 0 Å². The topological polar surface area (TPSA) is 101 Å². The predicted molar refractivity (Wildman–Crippen MR) is 36.8 cm³/mol. The number of aliphatic hydroxyl groups is 5. The lowest BCUT2D eigenvalue weighted by molar-refractivity contribution is -0.110. The maximum Gasteiger partial charge on any atom is 0.110 e. The quantitative estimate of drug-likeness (QED) is 0.316. The van der Waals surface area contributed by atoms with Crippen molar-refractivity contribution in [1.82, 2.24) is 0 Å². The molecule has 0 aliphatic carbocycles. The monoisotopic (exact) mass is 166 g/mol. The highest BCUT2D eigenvalue weighted by Crippen LogP contribution is 2.03. The van der Waals surface area contributed by atoms with E-state index in [2.05, 4.69) is 0 Å². The van der Waals surface area contributed by atoms with E-state index in [0.717, 1.165) is 0 Å². The lowest BCUT2D eigenvalue weighted by Gasteiger charge is -2.23. The lowest BCUT2D eigenvalue weighted by atomic mass is 10.1. The van der Waals surface area contributed by atoms with Crippen LogP contribution in [0.4, 0.5) is 0 Å². The van der Waals surface area contributed by atoms with Gasteiger partial charge in [0.25, 0.3) is 0 Å². The molecule has 0 rings (SSSR count). The van der Waals surface area contributed by atoms with Crippen molar-refractivity contribution in [2.45, 2.75) is 31.3 Å².